The van der Waals surface area contributed by atoms with E-state index >= 15 is 0 Å². The largest absolute Gasteiger partial charge is 0.457 e. The Hall–Kier alpha value is -7.16. The predicted octanol–water partition coefficient (Wildman–Crippen LogP) is 14.3. The minimum Gasteiger partial charge on any atom is -0.457 e. The number of anilines is 2. The van der Waals surface area contributed by atoms with Crippen LogP contribution in [0.4, 0.5) is 11.4 Å². The van der Waals surface area contributed by atoms with Gasteiger partial charge in [-0.15, -0.1) is 0 Å². The van der Waals surface area contributed by atoms with Gasteiger partial charge in [-0.1, -0.05) is 170 Å². The van der Waals surface area contributed by atoms with Crippen molar-refractivity contribution in [2.24, 2.45) is 0 Å². The van der Waals surface area contributed by atoms with Crippen LogP contribution >= 0.6 is 0 Å². The van der Waals surface area contributed by atoms with Gasteiger partial charge >= 0.3 is 0 Å². The molecule has 57 heavy (non-hydrogen) atoms. The average molecular weight is 730 g/mol. The molecule has 270 valence electrons. The molecule has 11 rings (SSSR count). The van der Waals surface area contributed by atoms with Crippen molar-refractivity contribution >= 4 is 11.4 Å². The fraction of sp³-hybridized carbons (Fsp3) is 0.0545. The molecule has 0 radical (unpaired) electrons. The van der Waals surface area contributed by atoms with E-state index in [0.29, 0.717) is 5.92 Å². The summed E-state index contributed by atoms with van der Waals surface area (Å²) in [6, 6.07) is 72.5. The smallest absolute Gasteiger partial charge is 0.132 e. The molecule has 0 N–H and O–H groups in total. The van der Waals surface area contributed by atoms with Crippen LogP contribution in [0.15, 0.2) is 224 Å². The molecule has 0 saturated carbocycles. The molecule has 2 heteroatoms. The van der Waals surface area contributed by atoms with Crippen LogP contribution in [0.3, 0.4) is 0 Å². The Balaban J connectivity index is 0.996. The van der Waals surface area contributed by atoms with E-state index in [2.05, 4.69) is 223 Å². The molecule has 0 fully saturated rings. The number of benzene rings is 8. The first-order chi connectivity index (χ1) is 28.3. The van der Waals surface area contributed by atoms with Gasteiger partial charge in [0.05, 0.1) is 5.41 Å². The molecule has 0 bridgehead atoms. The Morgan fingerprint density at radius 3 is 1.58 bits per heavy atom. The summed E-state index contributed by atoms with van der Waals surface area (Å²) in [4.78, 5) is 2.38. The fourth-order valence-corrected chi connectivity index (χ4v) is 9.44. The third-order valence-electron chi connectivity index (χ3n) is 12.1. The quantitative estimate of drug-likeness (QED) is 0.169. The van der Waals surface area contributed by atoms with E-state index < -0.39 is 5.41 Å². The summed E-state index contributed by atoms with van der Waals surface area (Å²) in [5, 5.41) is 0. The van der Waals surface area contributed by atoms with Gasteiger partial charge in [-0.25, -0.2) is 0 Å². The van der Waals surface area contributed by atoms with Crippen molar-refractivity contribution < 1.29 is 4.74 Å². The zero-order chi connectivity index (χ0) is 37.8. The van der Waals surface area contributed by atoms with E-state index in [1.54, 1.807) is 0 Å². The van der Waals surface area contributed by atoms with Crippen molar-refractivity contribution in [1.82, 2.24) is 0 Å². The maximum Gasteiger partial charge on any atom is 0.132 e. The molecule has 2 aliphatic carbocycles. The van der Waals surface area contributed by atoms with Crippen LogP contribution in [0.2, 0.25) is 0 Å². The zero-order valence-corrected chi connectivity index (χ0v) is 31.4. The highest BCUT2D eigenvalue weighted by Crippen LogP contribution is 2.62. The van der Waals surface area contributed by atoms with Gasteiger partial charge in [0.2, 0.25) is 0 Å². The van der Waals surface area contributed by atoms with E-state index in [-0.39, 0.29) is 0 Å². The molecule has 0 aromatic heterocycles. The first kappa shape index (κ1) is 33.2. The topological polar surface area (TPSA) is 12.5 Å². The Morgan fingerprint density at radius 1 is 0.439 bits per heavy atom. The van der Waals surface area contributed by atoms with Gasteiger partial charge in [-0.05, 0) is 105 Å². The van der Waals surface area contributed by atoms with Crippen LogP contribution in [-0.4, -0.2) is 0 Å². The van der Waals surface area contributed by atoms with Crippen LogP contribution < -0.4 is 9.64 Å². The molecule has 1 unspecified atom stereocenters. The number of nitrogens with zero attached hydrogens (tertiary/aromatic N) is 1. The molecule has 1 heterocycles. The van der Waals surface area contributed by atoms with Crippen molar-refractivity contribution in [3.05, 3.63) is 252 Å². The highest BCUT2D eigenvalue weighted by molar-refractivity contribution is 5.89. The lowest BCUT2D eigenvalue weighted by molar-refractivity contribution is 0.436. The molecule has 0 saturated heterocycles. The standard InChI is InChI=1S/C55H39NO/c1-3-13-38(14-4-1)40-23-30-44(31-24-40)56(45-32-25-41(26-33-45)39-15-5-2-6-16-39)46-34-27-42(28-35-46)43-29-36-54-52(37-43)55(51-21-11-12-22-53(51)57-54)49-19-9-7-17-47(49)48-18-8-10-20-50(48)55/h1-25,27-37,41H,26H2. The number of hydrogen-bond acceptors (Lipinski definition) is 2. The summed E-state index contributed by atoms with van der Waals surface area (Å²) in [6.07, 6.45) is 7.97. The van der Waals surface area contributed by atoms with Crippen molar-refractivity contribution in [1.29, 1.82) is 0 Å². The molecule has 1 atom stereocenters. The Morgan fingerprint density at radius 2 is 0.947 bits per heavy atom. The van der Waals surface area contributed by atoms with Crippen LogP contribution in [-0.2, 0) is 5.41 Å². The Kier molecular flexibility index (Phi) is 7.89. The lowest BCUT2D eigenvalue weighted by Crippen LogP contribution is -2.32. The highest BCUT2D eigenvalue weighted by atomic mass is 16.5. The molecular weight excluding hydrogens is 691 g/mol. The summed E-state index contributed by atoms with van der Waals surface area (Å²) in [5.74, 6) is 2.17. The Bertz CT molecular complexity index is 2790. The lowest BCUT2D eigenvalue weighted by atomic mass is 9.66. The van der Waals surface area contributed by atoms with E-state index in [4.69, 9.17) is 4.74 Å². The maximum atomic E-state index is 6.70. The Labute approximate surface area is 334 Å². The van der Waals surface area contributed by atoms with Gasteiger partial charge in [-0.2, -0.15) is 0 Å². The van der Waals surface area contributed by atoms with Crippen LogP contribution in [0, 0.1) is 0 Å². The molecule has 2 nitrogen and oxygen atoms in total. The van der Waals surface area contributed by atoms with E-state index in [0.717, 1.165) is 40.4 Å². The third-order valence-corrected chi connectivity index (χ3v) is 12.1. The second kappa shape index (κ2) is 13.5. The maximum absolute atomic E-state index is 6.70. The normalized spacial score (nSPS) is 15.4. The molecule has 8 aromatic rings. The predicted molar refractivity (Wildman–Crippen MR) is 234 cm³/mol. The van der Waals surface area contributed by atoms with Crippen molar-refractivity contribution in [3.63, 3.8) is 0 Å². The van der Waals surface area contributed by atoms with Gasteiger partial charge in [0, 0.05) is 34.1 Å². The number of fused-ring (bicyclic) bond motifs is 9. The van der Waals surface area contributed by atoms with Crippen LogP contribution in [0.5, 0.6) is 11.5 Å². The van der Waals surface area contributed by atoms with Crippen molar-refractivity contribution in [3.8, 4) is 44.9 Å². The first-order valence-corrected chi connectivity index (χ1v) is 19.9. The van der Waals surface area contributed by atoms with Gasteiger partial charge in [0.25, 0.3) is 0 Å². The second-order valence-electron chi connectivity index (χ2n) is 15.2. The van der Waals surface area contributed by atoms with Gasteiger partial charge in [0.15, 0.2) is 0 Å². The van der Waals surface area contributed by atoms with Crippen molar-refractivity contribution in [2.45, 2.75) is 17.8 Å². The van der Waals surface area contributed by atoms with E-state index in [9.17, 15) is 0 Å². The summed E-state index contributed by atoms with van der Waals surface area (Å²) in [6.45, 7) is 0. The van der Waals surface area contributed by atoms with Crippen molar-refractivity contribution in [2.75, 3.05) is 4.90 Å². The highest BCUT2D eigenvalue weighted by Gasteiger charge is 2.51. The molecule has 1 aliphatic heterocycles. The van der Waals surface area contributed by atoms with Gasteiger partial charge in [-0.3, -0.25) is 0 Å². The third kappa shape index (κ3) is 5.40. The number of para-hydroxylation sites is 1. The first-order valence-electron chi connectivity index (χ1n) is 19.9. The average Bonchev–Trinajstić information content (AvgIpc) is 3.58. The molecule has 8 aromatic carbocycles. The molecule has 3 aliphatic rings. The number of allylic oxidation sites excluding steroid dienone is 3. The fourth-order valence-electron chi connectivity index (χ4n) is 9.44. The zero-order valence-electron chi connectivity index (χ0n) is 31.4. The van der Waals surface area contributed by atoms with Gasteiger partial charge < -0.3 is 9.64 Å². The SMILES string of the molecule is C1=CC(c2ccccc2)CC=C1N(c1ccc(-c2ccccc2)cc1)c1ccc(-c2ccc3c(c2)C2(c4ccccc4O3)c3ccccc3-c3ccccc32)cc1. The minimum absolute atomic E-state index is 0.363. The molecule has 0 amide bonds. The molecule has 1 spiro atoms. The number of hydrogen-bond donors (Lipinski definition) is 0. The summed E-state index contributed by atoms with van der Waals surface area (Å²) < 4.78 is 6.70. The van der Waals surface area contributed by atoms with E-state index in [1.165, 1.54) is 55.8 Å². The summed E-state index contributed by atoms with van der Waals surface area (Å²) >= 11 is 0. The molecular formula is C55H39NO. The second-order valence-corrected chi connectivity index (χ2v) is 15.2. The van der Waals surface area contributed by atoms with E-state index in [1.807, 2.05) is 0 Å². The summed E-state index contributed by atoms with van der Waals surface area (Å²) in [5.41, 5.74) is 16.5. The van der Waals surface area contributed by atoms with Crippen LogP contribution in [0.1, 0.15) is 40.2 Å². The number of rotatable bonds is 6. The van der Waals surface area contributed by atoms with Gasteiger partial charge in [0.1, 0.15) is 11.5 Å². The monoisotopic (exact) mass is 729 g/mol. The lowest BCUT2D eigenvalue weighted by Gasteiger charge is -2.39. The number of ether oxygens (including phenoxy) is 1. The van der Waals surface area contributed by atoms with Crippen LogP contribution in [0.25, 0.3) is 33.4 Å². The summed E-state index contributed by atoms with van der Waals surface area (Å²) in [7, 11) is 0. The minimum atomic E-state index is -0.493.